The lowest BCUT2D eigenvalue weighted by Gasteiger charge is -2.60. The number of benzene rings is 4. The minimum Gasteiger partial charge on any atom is -0.459 e. The van der Waals surface area contributed by atoms with Gasteiger partial charge in [0.25, 0.3) is 0 Å². The van der Waals surface area contributed by atoms with Crippen LogP contribution in [-0.2, 0) is 25.7 Å². The predicted molar refractivity (Wildman–Crippen MR) is 290 cm³/mol. The van der Waals surface area contributed by atoms with Gasteiger partial charge in [-0.3, -0.25) is 4.79 Å². The van der Waals surface area contributed by atoms with Gasteiger partial charge in [0.15, 0.2) is 0 Å². The van der Waals surface area contributed by atoms with Gasteiger partial charge in [0.2, 0.25) is 18.0 Å². The SMILES string of the molecule is C=CCOC12Oc3ccc(Oc4ccc(-c5ccccc5)cc4)cc3C3C(CCCCO)C(CCCCO)C=C(C(=NOC4CCCCO4)CC1N(Cc1ccc(F)cc1)C(=O)CCCCCCCCCCC)C32. The molecule has 0 radical (unpaired) electrons. The van der Waals surface area contributed by atoms with Crippen molar-refractivity contribution in [1.82, 2.24) is 4.90 Å². The molecule has 2 aliphatic carbocycles. The average Bonchev–Trinajstić information content (AvgIpc) is 3.43. The Kier molecular flexibility index (Phi) is 20.8. The van der Waals surface area contributed by atoms with Crippen molar-refractivity contribution in [3.8, 4) is 28.4 Å². The lowest BCUT2D eigenvalue weighted by Crippen LogP contribution is -2.70. The maximum absolute atomic E-state index is 15.3. The van der Waals surface area contributed by atoms with Crippen LogP contribution in [0.15, 0.2) is 127 Å². The molecule has 1 saturated carbocycles. The second-order valence-corrected chi connectivity index (χ2v) is 20.9. The summed E-state index contributed by atoms with van der Waals surface area (Å²) < 4.78 is 42.2. The molecule has 7 unspecified atom stereocenters. The van der Waals surface area contributed by atoms with Gasteiger partial charge in [-0.05, 0) is 122 Å². The van der Waals surface area contributed by atoms with Crippen molar-refractivity contribution in [1.29, 1.82) is 0 Å². The number of hydrogen-bond acceptors (Lipinski definition) is 9. The summed E-state index contributed by atoms with van der Waals surface area (Å²) in [5.41, 5.74) is 5.66. The summed E-state index contributed by atoms with van der Waals surface area (Å²) in [6.07, 6.45) is 21.6. The number of carbonyl (C=O) groups is 1. The largest absolute Gasteiger partial charge is 0.459 e. The van der Waals surface area contributed by atoms with Crippen molar-refractivity contribution in [3.05, 3.63) is 138 Å². The lowest BCUT2D eigenvalue weighted by atomic mass is 9.55. The molecule has 10 nitrogen and oxygen atoms in total. The number of halogens is 1. The highest BCUT2D eigenvalue weighted by Crippen LogP contribution is 2.62. The van der Waals surface area contributed by atoms with Crippen molar-refractivity contribution < 1.29 is 43.2 Å². The van der Waals surface area contributed by atoms with Crippen LogP contribution in [0.3, 0.4) is 0 Å². The maximum Gasteiger partial charge on any atom is 0.239 e. The number of unbranched alkanes of at least 4 members (excludes halogenated alkanes) is 10. The number of nitrogens with zero attached hydrogens (tertiary/aromatic N) is 2. The first-order valence-corrected chi connectivity index (χ1v) is 28.1. The standard InChI is InChI=1S/C63H81FN2O8/c1-3-5-6-7-8-9-10-11-15-26-59(69)66(45-46-28-32-50(64)33-29-46)58-44-56(65-74-60-27-18-21-41-70-60)54-42-49(24-16-19-38-67)53(25-17-20-39-68)61-55-43-52(36-37-57(55)73-63(58,62(54)61)71-40-4-2)72-51-34-30-48(31-35-51)47-22-13-12-14-23-47/h4,12-14,22-23,28-37,42-43,49,53,58,60-62,67-68H,2-3,5-11,15-21,24-27,38-41,44-45H2,1H3. The summed E-state index contributed by atoms with van der Waals surface area (Å²) in [6, 6.07) is 30.1. The molecule has 1 amide bonds. The number of amides is 1. The lowest BCUT2D eigenvalue weighted by molar-refractivity contribution is -0.258. The summed E-state index contributed by atoms with van der Waals surface area (Å²) in [5, 5.41) is 25.3. The first-order chi connectivity index (χ1) is 36.3. The first kappa shape index (κ1) is 54.9. The van der Waals surface area contributed by atoms with E-state index in [1.165, 1.54) is 44.2 Å². The Bertz CT molecular complexity index is 2420. The Morgan fingerprint density at radius 2 is 1.53 bits per heavy atom. The van der Waals surface area contributed by atoms with Crippen LogP contribution in [0, 0.1) is 23.6 Å². The Morgan fingerprint density at radius 1 is 0.824 bits per heavy atom. The molecule has 4 aliphatic rings. The van der Waals surface area contributed by atoms with Crippen LogP contribution < -0.4 is 9.47 Å². The molecule has 4 aromatic rings. The molecule has 7 atom stereocenters. The van der Waals surface area contributed by atoms with E-state index in [9.17, 15) is 14.6 Å². The Balaban J connectivity index is 1.24. The first-order valence-electron chi connectivity index (χ1n) is 28.1. The molecule has 2 fully saturated rings. The Labute approximate surface area is 440 Å². The summed E-state index contributed by atoms with van der Waals surface area (Å²) in [7, 11) is 0. The molecule has 0 bridgehead atoms. The number of oxime groups is 1. The number of allylic oxidation sites excluding steroid dienone is 1. The second kappa shape index (κ2) is 28.0. The number of carbonyl (C=O) groups excluding carboxylic acids is 1. The number of ether oxygens (including phenoxy) is 4. The Hall–Kier alpha value is -5.33. The highest BCUT2D eigenvalue weighted by Gasteiger charge is 2.65. The molecule has 2 N–H and O–H groups in total. The van der Waals surface area contributed by atoms with Gasteiger partial charge in [0.05, 0.1) is 24.8 Å². The third kappa shape index (κ3) is 13.9. The van der Waals surface area contributed by atoms with Crippen LogP contribution in [0.2, 0.25) is 0 Å². The third-order valence-electron chi connectivity index (χ3n) is 15.7. The van der Waals surface area contributed by atoms with Gasteiger partial charge in [-0.1, -0.05) is 143 Å². The normalized spacial score (nSPS) is 23.5. The van der Waals surface area contributed by atoms with Crippen LogP contribution in [0.1, 0.15) is 152 Å². The Morgan fingerprint density at radius 3 is 2.23 bits per heavy atom. The zero-order chi connectivity index (χ0) is 51.5. The summed E-state index contributed by atoms with van der Waals surface area (Å²) in [6.45, 7) is 7.49. The fraction of sp³-hybridized carbons (Fsp3) is 0.524. The number of hydrogen-bond donors (Lipinski definition) is 2. The molecule has 8 rings (SSSR count). The summed E-state index contributed by atoms with van der Waals surface area (Å²) in [4.78, 5) is 23.6. The molecule has 2 aliphatic heterocycles. The molecule has 2 heterocycles. The predicted octanol–water partition coefficient (Wildman–Crippen LogP) is 14.4. The number of aliphatic hydroxyl groups excluding tert-OH is 2. The van der Waals surface area contributed by atoms with Crippen molar-refractivity contribution in [3.63, 3.8) is 0 Å². The molecule has 11 heteroatoms. The smallest absolute Gasteiger partial charge is 0.239 e. The van der Waals surface area contributed by atoms with Gasteiger partial charge in [0.1, 0.15) is 29.1 Å². The topological polar surface area (TPSA) is 119 Å². The maximum atomic E-state index is 15.3. The van der Waals surface area contributed by atoms with Crippen LogP contribution in [-0.4, -0.2) is 71.3 Å². The fourth-order valence-electron chi connectivity index (χ4n) is 12.0. The van der Waals surface area contributed by atoms with Gasteiger partial charge in [0, 0.05) is 50.5 Å². The van der Waals surface area contributed by atoms with Gasteiger partial charge in [-0.25, -0.2) is 4.39 Å². The third-order valence-corrected chi connectivity index (χ3v) is 15.7. The molecule has 0 spiro atoms. The zero-order valence-corrected chi connectivity index (χ0v) is 43.9. The van der Waals surface area contributed by atoms with Crippen molar-refractivity contribution >= 4 is 11.6 Å². The second-order valence-electron chi connectivity index (χ2n) is 20.9. The minimum absolute atomic E-state index is 0.0303. The van der Waals surface area contributed by atoms with Crippen LogP contribution in [0.25, 0.3) is 11.1 Å². The van der Waals surface area contributed by atoms with Crippen LogP contribution in [0.5, 0.6) is 17.2 Å². The van der Waals surface area contributed by atoms with E-state index in [0.29, 0.717) is 43.1 Å². The number of fused-ring (bicyclic) bond motifs is 2. The van der Waals surface area contributed by atoms with Crippen molar-refractivity contribution in [2.45, 2.75) is 166 Å². The monoisotopic (exact) mass is 1010 g/mol. The molecule has 0 aromatic heterocycles. The van der Waals surface area contributed by atoms with E-state index in [4.69, 9.17) is 28.9 Å². The van der Waals surface area contributed by atoms with E-state index >= 15 is 4.79 Å². The molecule has 398 valence electrons. The summed E-state index contributed by atoms with van der Waals surface area (Å²) in [5.74, 6) is -0.430. The molecular formula is C63H81FN2O8. The van der Waals surface area contributed by atoms with Crippen LogP contribution >= 0.6 is 0 Å². The van der Waals surface area contributed by atoms with Crippen molar-refractivity contribution in [2.24, 2.45) is 22.9 Å². The van der Waals surface area contributed by atoms with E-state index < -0.39 is 24.0 Å². The molecule has 1 saturated heterocycles. The van der Waals surface area contributed by atoms with Gasteiger partial charge < -0.3 is 38.9 Å². The number of aliphatic hydroxyl groups is 2. The highest BCUT2D eigenvalue weighted by atomic mass is 19.1. The fourth-order valence-corrected chi connectivity index (χ4v) is 12.0. The van der Waals surface area contributed by atoms with E-state index in [2.05, 4.69) is 49.9 Å². The summed E-state index contributed by atoms with van der Waals surface area (Å²) >= 11 is 0. The van der Waals surface area contributed by atoms with Gasteiger partial charge in [-0.2, -0.15) is 0 Å². The number of rotatable bonds is 29. The van der Waals surface area contributed by atoms with Crippen LogP contribution in [0.4, 0.5) is 4.39 Å². The van der Waals surface area contributed by atoms with E-state index in [0.717, 1.165) is 104 Å². The van der Waals surface area contributed by atoms with Crippen molar-refractivity contribution in [2.75, 3.05) is 26.4 Å². The minimum atomic E-state index is -1.44. The van der Waals surface area contributed by atoms with E-state index in [-0.39, 0.29) is 62.3 Å². The average molecular weight is 1010 g/mol. The highest BCUT2D eigenvalue weighted by molar-refractivity contribution is 6.03. The van der Waals surface area contributed by atoms with E-state index in [1.54, 1.807) is 18.2 Å². The van der Waals surface area contributed by atoms with Gasteiger partial charge in [-0.15, -0.1) is 6.58 Å². The molecular weight excluding hydrogens is 932 g/mol. The molecule has 4 aromatic carbocycles. The van der Waals surface area contributed by atoms with Gasteiger partial charge >= 0.3 is 0 Å². The van der Waals surface area contributed by atoms with E-state index in [1.807, 2.05) is 47.4 Å². The molecule has 74 heavy (non-hydrogen) atoms. The quantitative estimate of drug-likeness (QED) is 0.0314. The zero-order valence-electron chi connectivity index (χ0n) is 43.9.